The molecule has 0 aromatic carbocycles. The fraction of sp³-hybridized carbons (Fsp3) is 0.769. The third-order valence-electron chi connectivity index (χ3n) is 6.99. The van der Waals surface area contributed by atoms with Gasteiger partial charge < -0.3 is 54.8 Å². The summed E-state index contributed by atoms with van der Waals surface area (Å²) >= 11 is 0. The molecule has 1 heterocycles. The molecule has 1 saturated carbocycles. The molecule has 2 aliphatic rings. The fourth-order valence-electron chi connectivity index (χ4n) is 4.83. The molecule has 5 N–H and O–H groups in total. The van der Waals surface area contributed by atoms with Crippen LogP contribution in [0.1, 0.15) is 64.7 Å². The average Bonchev–Trinajstić information content (AvgIpc) is 3.11. The zero-order valence-corrected chi connectivity index (χ0v) is 21.1. The Kier molecular flexibility index (Phi) is 13.2. The Morgan fingerprint density at radius 2 is 1.73 bits per heavy atom. The average molecular weight is 529 g/mol. The van der Waals surface area contributed by atoms with Crippen LogP contribution in [0.5, 0.6) is 0 Å². The summed E-state index contributed by atoms with van der Waals surface area (Å²) in [5.74, 6) is -3.53. The van der Waals surface area contributed by atoms with Crippen LogP contribution in [0, 0.1) is 11.8 Å². The summed E-state index contributed by atoms with van der Waals surface area (Å²) in [7, 11) is 0. The predicted octanol–water partition coefficient (Wildman–Crippen LogP) is -1.71. The number of aliphatic hydroxyl groups is 5. The highest BCUT2D eigenvalue weighted by Gasteiger charge is 2.45. The van der Waals surface area contributed by atoms with Gasteiger partial charge in [0.25, 0.3) is 0 Å². The fourth-order valence-corrected chi connectivity index (χ4v) is 4.83. The molecule has 0 aromatic rings. The third kappa shape index (κ3) is 9.43. The molecule has 0 bridgehead atoms. The molecular formula is C26H40O11-2. The lowest BCUT2D eigenvalue weighted by atomic mass is 9.89. The summed E-state index contributed by atoms with van der Waals surface area (Å²) in [6.45, 7) is 2.02. The number of hydrogen-bond donors (Lipinski definition) is 5. The quantitative estimate of drug-likeness (QED) is 0.120. The highest BCUT2D eigenvalue weighted by molar-refractivity contribution is 5.71. The summed E-state index contributed by atoms with van der Waals surface area (Å²) in [5.41, 5.74) is 0. The zero-order chi connectivity index (χ0) is 27.5. The highest BCUT2D eigenvalue weighted by atomic mass is 16.7. The summed E-state index contributed by atoms with van der Waals surface area (Å²) < 4.78 is 11.0. The maximum Gasteiger partial charge on any atom is 0.187 e. The molecule has 11 nitrogen and oxygen atoms in total. The second kappa shape index (κ2) is 15.5. The number of carboxylic acids is 2. The molecule has 1 aliphatic carbocycles. The standard InChI is InChI=1S/C26H42O11/c1-2-3-6-9-15(36-26-23(33)21(31)22(32)24(37-26)25(34)35)12-13-17-16(18(27)14-19(17)28)10-7-4-5-8-11-20(29)30/h4,7,12-13,15-19,21-24,26-28,31-33H,2-3,5-6,8-11,14H2,1H3,(H,29,30)(H,34,35)/p-2/b7-4-,13-12+/t15-,16-,17+,18-,19+,21+,22+,23-,24?,26?/m0/s1. The van der Waals surface area contributed by atoms with Crippen molar-refractivity contribution in [3.05, 3.63) is 24.3 Å². The number of rotatable bonds is 15. The SMILES string of the molecule is CCCCC[C@@H](/C=C/[C@@H]1[C@H](C/C=C\CCCC(=O)[O-])[C@@H](O)C[C@H]1O)OC1OC(C(=O)[O-])[C@H](O)[C@@H](O)[C@@H]1O. The van der Waals surface area contributed by atoms with E-state index in [0.29, 0.717) is 25.7 Å². The Bertz CT molecular complexity index is 770. The monoisotopic (exact) mass is 528 g/mol. The minimum Gasteiger partial charge on any atom is -0.550 e. The van der Waals surface area contributed by atoms with Gasteiger partial charge in [-0.3, -0.25) is 0 Å². The van der Waals surface area contributed by atoms with Gasteiger partial charge in [0.2, 0.25) is 0 Å². The first-order chi connectivity index (χ1) is 17.6. The van der Waals surface area contributed by atoms with Crippen LogP contribution in [0.3, 0.4) is 0 Å². The molecule has 37 heavy (non-hydrogen) atoms. The van der Waals surface area contributed by atoms with E-state index < -0.39 is 66.9 Å². The molecule has 0 spiro atoms. The van der Waals surface area contributed by atoms with Gasteiger partial charge in [-0.2, -0.15) is 0 Å². The molecule has 2 rings (SSSR count). The molecular weight excluding hydrogens is 488 g/mol. The van der Waals surface area contributed by atoms with Gasteiger partial charge in [0.1, 0.15) is 24.4 Å². The Morgan fingerprint density at radius 1 is 1.00 bits per heavy atom. The minimum atomic E-state index is -1.88. The van der Waals surface area contributed by atoms with Gasteiger partial charge in [0.15, 0.2) is 6.29 Å². The van der Waals surface area contributed by atoms with Crippen molar-refractivity contribution in [3.8, 4) is 0 Å². The van der Waals surface area contributed by atoms with Crippen LogP contribution in [-0.2, 0) is 19.1 Å². The van der Waals surface area contributed by atoms with Crippen molar-refractivity contribution in [2.75, 3.05) is 0 Å². The van der Waals surface area contributed by atoms with E-state index in [1.54, 1.807) is 12.2 Å². The number of ether oxygens (including phenoxy) is 2. The summed E-state index contributed by atoms with van der Waals surface area (Å²) in [6.07, 6.45) is 0.844. The molecule has 11 heteroatoms. The summed E-state index contributed by atoms with van der Waals surface area (Å²) in [5, 5.41) is 73.0. The Morgan fingerprint density at radius 3 is 2.38 bits per heavy atom. The number of aliphatic carboxylic acids is 2. The second-order valence-electron chi connectivity index (χ2n) is 9.85. The van der Waals surface area contributed by atoms with Gasteiger partial charge in [-0.25, -0.2) is 0 Å². The Labute approximate surface area is 217 Å². The number of carboxylic acid groups (broad SMARTS) is 2. The number of carbonyl (C=O) groups excluding carboxylic acids is 2. The van der Waals surface area contributed by atoms with E-state index in [2.05, 4.69) is 0 Å². The zero-order valence-electron chi connectivity index (χ0n) is 21.1. The van der Waals surface area contributed by atoms with E-state index in [1.165, 1.54) is 0 Å². The van der Waals surface area contributed by atoms with Crippen LogP contribution in [0.4, 0.5) is 0 Å². The van der Waals surface area contributed by atoms with Crippen molar-refractivity contribution in [3.63, 3.8) is 0 Å². The molecule has 0 radical (unpaired) electrons. The van der Waals surface area contributed by atoms with Crippen LogP contribution in [0.15, 0.2) is 24.3 Å². The van der Waals surface area contributed by atoms with Gasteiger partial charge >= 0.3 is 0 Å². The van der Waals surface area contributed by atoms with Crippen molar-refractivity contribution in [2.24, 2.45) is 11.8 Å². The smallest absolute Gasteiger partial charge is 0.187 e. The number of allylic oxidation sites excluding steroid dienone is 2. The predicted molar refractivity (Wildman–Crippen MR) is 126 cm³/mol. The van der Waals surface area contributed by atoms with Crippen molar-refractivity contribution in [1.29, 1.82) is 0 Å². The first-order valence-corrected chi connectivity index (χ1v) is 13.0. The van der Waals surface area contributed by atoms with Crippen molar-refractivity contribution in [1.82, 2.24) is 0 Å². The Hall–Kier alpha value is -1.86. The van der Waals surface area contributed by atoms with Crippen LogP contribution < -0.4 is 10.2 Å². The van der Waals surface area contributed by atoms with E-state index in [1.807, 2.05) is 19.1 Å². The van der Waals surface area contributed by atoms with Crippen LogP contribution >= 0.6 is 0 Å². The van der Waals surface area contributed by atoms with E-state index in [-0.39, 0.29) is 18.8 Å². The van der Waals surface area contributed by atoms with E-state index >= 15 is 0 Å². The maximum atomic E-state index is 11.3. The highest BCUT2D eigenvalue weighted by Crippen LogP contribution is 2.36. The molecule has 10 atom stereocenters. The number of carbonyl (C=O) groups is 2. The van der Waals surface area contributed by atoms with Gasteiger partial charge in [-0.1, -0.05) is 50.5 Å². The third-order valence-corrected chi connectivity index (χ3v) is 6.99. The molecule has 212 valence electrons. The normalized spacial score (nSPS) is 35.4. The van der Waals surface area contributed by atoms with Crippen LogP contribution in [-0.4, -0.2) is 86.5 Å². The maximum absolute atomic E-state index is 11.3. The lowest BCUT2D eigenvalue weighted by molar-refractivity contribution is -0.351. The molecule has 0 aromatic heterocycles. The molecule has 2 unspecified atom stereocenters. The van der Waals surface area contributed by atoms with Gasteiger partial charge in [-0.15, -0.1) is 0 Å². The van der Waals surface area contributed by atoms with Crippen molar-refractivity contribution in [2.45, 2.75) is 114 Å². The number of unbranched alkanes of at least 4 members (excludes halogenated alkanes) is 3. The topological polar surface area (TPSA) is 200 Å². The number of aliphatic hydroxyl groups excluding tert-OH is 5. The van der Waals surface area contributed by atoms with E-state index in [0.717, 1.165) is 19.3 Å². The summed E-state index contributed by atoms with van der Waals surface area (Å²) in [6, 6.07) is 0. The summed E-state index contributed by atoms with van der Waals surface area (Å²) in [4.78, 5) is 21.8. The van der Waals surface area contributed by atoms with Crippen LogP contribution in [0.2, 0.25) is 0 Å². The van der Waals surface area contributed by atoms with Crippen molar-refractivity contribution >= 4 is 11.9 Å². The lowest BCUT2D eigenvalue weighted by Gasteiger charge is -2.41. The number of hydrogen-bond acceptors (Lipinski definition) is 11. The van der Waals surface area contributed by atoms with Crippen LogP contribution in [0.25, 0.3) is 0 Å². The first kappa shape index (κ1) is 31.4. The van der Waals surface area contributed by atoms with E-state index in [4.69, 9.17) is 9.47 Å². The lowest BCUT2D eigenvalue weighted by Crippen LogP contribution is -2.63. The minimum absolute atomic E-state index is 0.0288. The second-order valence-corrected chi connectivity index (χ2v) is 9.85. The molecule has 1 aliphatic heterocycles. The van der Waals surface area contributed by atoms with Gasteiger partial charge in [0, 0.05) is 18.3 Å². The van der Waals surface area contributed by atoms with E-state index in [9.17, 15) is 45.3 Å². The van der Waals surface area contributed by atoms with Gasteiger partial charge in [0.05, 0.1) is 24.3 Å². The molecule has 0 amide bonds. The molecule has 2 fully saturated rings. The largest absolute Gasteiger partial charge is 0.550 e. The van der Waals surface area contributed by atoms with Crippen molar-refractivity contribution < 1.29 is 54.8 Å². The first-order valence-electron chi connectivity index (χ1n) is 13.0. The molecule has 1 saturated heterocycles. The Balaban J connectivity index is 2.09. The van der Waals surface area contributed by atoms with Gasteiger partial charge in [-0.05, 0) is 38.0 Å².